The molecule has 1 heterocycles. The van der Waals surface area contributed by atoms with Gasteiger partial charge in [-0.15, -0.1) is 0 Å². The van der Waals surface area contributed by atoms with E-state index in [1.807, 2.05) is 35.0 Å². The van der Waals surface area contributed by atoms with Crippen molar-refractivity contribution in [2.75, 3.05) is 0 Å². The Morgan fingerprint density at radius 1 is 1.21 bits per heavy atom. The maximum absolute atomic E-state index is 9.38. The minimum absolute atomic E-state index is 0.142. The molecular formula is C16H19N3. The Hall–Kier alpha value is -2.08. The Balaban J connectivity index is 2.24. The summed E-state index contributed by atoms with van der Waals surface area (Å²) in [6.07, 6.45) is 1.88. The number of rotatable bonds is 5. The van der Waals surface area contributed by atoms with Gasteiger partial charge in [-0.2, -0.15) is 10.4 Å². The molecule has 2 rings (SSSR count). The lowest BCUT2D eigenvalue weighted by atomic mass is 10.0. The van der Waals surface area contributed by atoms with Crippen LogP contribution in [0.15, 0.2) is 36.4 Å². The van der Waals surface area contributed by atoms with Crippen LogP contribution in [0, 0.1) is 11.3 Å². The molecular weight excluding hydrogens is 234 g/mol. The van der Waals surface area contributed by atoms with Gasteiger partial charge in [-0.05, 0) is 24.5 Å². The SMILES string of the molecule is CCc1cc(CC)n(CC(C#N)c2ccccc2)n1. The topological polar surface area (TPSA) is 41.6 Å². The van der Waals surface area contributed by atoms with Gasteiger partial charge < -0.3 is 0 Å². The van der Waals surface area contributed by atoms with Gasteiger partial charge in [0, 0.05) is 5.69 Å². The number of aromatic nitrogens is 2. The smallest absolute Gasteiger partial charge is 0.0908 e. The van der Waals surface area contributed by atoms with Crippen LogP contribution in [0.2, 0.25) is 0 Å². The third kappa shape index (κ3) is 3.03. The zero-order valence-corrected chi connectivity index (χ0v) is 11.5. The fourth-order valence-electron chi connectivity index (χ4n) is 2.21. The molecule has 0 N–H and O–H groups in total. The molecule has 0 amide bonds. The van der Waals surface area contributed by atoms with Crippen LogP contribution in [0.3, 0.4) is 0 Å². The van der Waals surface area contributed by atoms with Crippen LogP contribution in [0.1, 0.15) is 36.7 Å². The molecule has 0 saturated heterocycles. The van der Waals surface area contributed by atoms with Crippen molar-refractivity contribution in [1.29, 1.82) is 5.26 Å². The average molecular weight is 253 g/mol. The molecule has 3 nitrogen and oxygen atoms in total. The molecule has 0 spiro atoms. The van der Waals surface area contributed by atoms with E-state index in [0.29, 0.717) is 6.54 Å². The molecule has 0 bridgehead atoms. The van der Waals surface area contributed by atoms with E-state index >= 15 is 0 Å². The first-order chi connectivity index (χ1) is 9.28. The highest BCUT2D eigenvalue weighted by molar-refractivity contribution is 5.25. The highest BCUT2D eigenvalue weighted by Crippen LogP contribution is 2.18. The third-order valence-corrected chi connectivity index (χ3v) is 3.35. The van der Waals surface area contributed by atoms with Crippen molar-refractivity contribution in [2.45, 2.75) is 39.2 Å². The van der Waals surface area contributed by atoms with Crippen LogP contribution in [0.5, 0.6) is 0 Å². The van der Waals surface area contributed by atoms with E-state index in [1.165, 1.54) is 5.69 Å². The summed E-state index contributed by atoms with van der Waals surface area (Å²) >= 11 is 0. The summed E-state index contributed by atoms with van der Waals surface area (Å²) in [5, 5.41) is 14.0. The van der Waals surface area contributed by atoms with Gasteiger partial charge in [0.2, 0.25) is 0 Å². The quantitative estimate of drug-likeness (QED) is 0.820. The summed E-state index contributed by atoms with van der Waals surface area (Å²) < 4.78 is 1.99. The van der Waals surface area contributed by atoms with Crippen LogP contribution in [0.4, 0.5) is 0 Å². The van der Waals surface area contributed by atoms with E-state index in [9.17, 15) is 5.26 Å². The molecule has 1 atom stereocenters. The van der Waals surface area contributed by atoms with Crippen molar-refractivity contribution < 1.29 is 0 Å². The molecule has 1 unspecified atom stereocenters. The van der Waals surface area contributed by atoms with Crippen LogP contribution >= 0.6 is 0 Å². The van der Waals surface area contributed by atoms with Gasteiger partial charge in [0.1, 0.15) is 0 Å². The highest BCUT2D eigenvalue weighted by atomic mass is 15.3. The lowest BCUT2D eigenvalue weighted by Gasteiger charge is -2.11. The molecule has 0 aliphatic heterocycles. The highest BCUT2D eigenvalue weighted by Gasteiger charge is 2.14. The predicted molar refractivity (Wildman–Crippen MR) is 75.8 cm³/mol. The predicted octanol–water partition coefficient (Wildman–Crippen LogP) is 3.32. The number of aryl methyl sites for hydroxylation is 2. The fourth-order valence-corrected chi connectivity index (χ4v) is 2.21. The summed E-state index contributed by atoms with van der Waals surface area (Å²) in [4.78, 5) is 0. The third-order valence-electron chi connectivity index (χ3n) is 3.35. The van der Waals surface area contributed by atoms with Crippen LogP contribution in [-0.2, 0) is 19.4 Å². The Morgan fingerprint density at radius 3 is 2.53 bits per heavy atom. The van der Waals surface area contributed by atoms with Gasteiger partial charge in [-0.1, -0.05) is 44.2 Å². The minimum atomic E-state index is -0.142. The number of hydrogen-bond donors (Lipinski definition) is 0. The average Bonchev–Trinajstić information content (AvgIpc) is 2.87. The summed E-state index contributed by atoms with van der Waals surface area (Å²) in [5.74, 6) is -0.142. The Kier molecular flexibility index (Phi) is 4.35. The molecule has 0 radical (unpaired) electrons. The minimum Gasteiger partial charge on any atom is -0.268 e. The summed E-state index contributed by atoms with van der Waals surface area (Å²) in [6.45, 7) is 4.85. The second kappa shape index (κ2) is 6.19. The first-order valence-electron chi connectivity index (χ1n) is 6.78. The van der Waals surface area contributed by atoms with Gasteiger partial charge in [0.15, 0.2) is 0 Å². The first-order valence-corrected chi connectivity index (χ1v) is 6.78. The van der Waals surface area contributed by atoms with Gasteiger partial charge in [0.05, 0.1) is 24.2 Å². The van der Waals surface area contributed by atoms with Crippen molar-refractivity contribution >= 4 is 0 Å². The van der Waals surface area contributed by atoms with E-state index in [4.69, 9.17) is 0 Å². The zero-order chi connectivity index (χ0) is 13.7. The zero-order valence-electron chi connectivity index (χ0n) is 11.5. The normalized spacial score (nSPS) is 12.1. The molecule has 1 aromatic heterocycles. The van der Waals surface area contributed by atoms with E-state index in [0.717, 1.165) is 24.1 Å². The monoisotopic (exact) mass is 253 g/mol. The molecule has 0 saturated carbocycles. The van der Waals surface area contributed by atoms with Gasteiger partial charge in [-0.25, -0.2) is 0 Å². The van der Waals surface area contributed by atoms with Crippen molar-refractivity contribution in [3.63, 3.8) is 0 Å². The van der Waals surface area contributed by atoms with E-state index in [-0.39, 0.29) is 5.92 Å². The molecule has 0 aliphatic carbocycles. The Labute approximate surface area is 114 Å². The van der Waals surface area contributed by atoms with Crippen molar-refractivity contribution in [2.24, 2.45) is 0 Å². The van der Waals surface area contributed by atoms with Crippen molar-refractivity contribution in [3.05, 3.63) is 53.3 Å². The number of benzene rings is 1. The molecule has 0 aliphatic rings. The van der Waals surface area contributed by atoms with Gasteiger partial charge >= 0.3 is 0 Å². The lowest BCUT2D eigenvalue weighted by Crippen LogP contribution is -2.11. The largest absolute Gasteiger partial charge is 0.268 e. The Morgan fingerprint density at radius 2 is 1.95 bits per heavy atom. The molecule has 1 aromatic carbocycles. The molecule has 2 aromatic rings. The summed E-state index contributed by atoms with van der Waals surface area (Å²) in [7, 11) is 0. The molecule has 19 heavy (non-hydrogen) atoms. The second-order valence-corrected chi connectivity index (χ2v) is 4.61. The summed E-state index contributed by atoms with van der Waals surface area (Å²) in [5.41, 5.74) is 3.36. The van der Waals surface area contributed by atoms with Crippen LogP contribution in [0.25, 0.3) is 0 Å². The maximum Gasteiger partial charge on any atom is 0.0908 e. The van der Waals surface area contributed by atoms with Crippen molar-refractivity contribution in [3.8, 4) is 6.07 Å². The second-order valence-electron chi connectivity index (χ2n) is 4.61. The number of nitriles is 1. The van der Waals surface area contributed by atoms with E-state index in [2.05, 4.69) is 31.1 Å². The first kappa shape index (κ1) is 13.4. The Bertz CT molecular complexity index is 563. The summed E-state index contributed by atoms with van der Waals surface area (Å²) in [6, 6.07) is 14.4. The fraction of sp³-hybridized carbons (Fsp3) is 0.375. The number of hydrogen-bond acceptors (Lipinski definition) is 2. The van der Waals surface area contributed by atoms with Crippen LogP contribution < -0.4 is 0 Å². The van der Waals surface area contributed by atoms with Gasteiger partial charge in [0.25, 0.3) is 0 Å². The van der Waals surface area contributed by atoms with E-state index in [1.54, 1.807) is 0 Å². The molecule has 0 fully saturated rings. The number of nitrogens with zero attached hydrogens (tertiary/aromatic N) is 3. The lowest BCUT2D eigenvalue weighted by molar-refractivity contribution is 0.551. The van der Waals surface area contributed by atoms with Crippen LogP contribution in [-0.4, -0.2) is 9.78 Å². The standard InChI is InChI=1S/C16H19N3/c1-3-15-10-16(4-2)19(18-15)12-14(11-17)13-8-6-5-7-9-13/h5-10,14H,3-4,12H2,1-2H3. The molecule has 3 heteroatoms. The molecule has 98 valence electrons. The van der Waals surface area contributed by atoms with E-state index < -0.39 is 0 Å². The van der Waals surface area contributed by atoms with Crippen molar-refractivity contribution in [1.82, 2.24) is 9.78 Å². The maximum atomic E-state index is 9.38. The van der Waals surface area contributed by atoms with Gasteiger partial charge in [-0.3, -0.25) is 4.68 Å².